The van der Waals surface area contributed by atoms with E-state index in [0.29, 0.717) is 6.54 Å². The Hall–Kier alpha value is -2.17. The molecule has 0 saturated carbocycles. The number of ether oxygens (including phenoxy) is 1. The molecule has 0 fully saturated rings. The van der Waals surface area contributed by atoms with Crippen LogP contribution in [-0.2, 0) is 11.3 Å². The second-order valence-corrected chi connectivity index (χ2v) is 3.63. The van der Waals surface area contributed by atoms with Crippen molar-refractivity contribution in [1.29, 1.82) is 0 Å². The van der Waals surface area contributed by atoms with Crippen LogP contribution in [0.25, 0.3) is 11.0 Å². The first-order chi connectivity index (χ1) is 8.19. The van der Waals surface area contributed by atoms with Gasteiger partial charge in [-0.1, -0.05) is 0 Å². The van der Waals surface area contributed by atoms with Gasteiger partial charge in [0.2, 0.25) is 5.91 Å². The number of fused-ring (bicyclic) bond motifs is 1. The molecular weight excluding hydrogens is 218 g/mol. The van der Waals surface area contributed by atoms with Gasteiger partial charge in [0, 0.05) is 13.0 Å². The predicted octanol–water partition coefficient (Wildman–Crippen LogP) is 1.27. The van der Waals surface area contributed by atoms with Gasteiger partial charge in [0.05, 0.1) is 36.6 Å². The summed E-state index contributed by atoms with van der Waals surface area (Å²) in [6.45, 7) is 1.85. The molecule has 0 radical (unpaired) electrons. The molecule has 0 spiro atoms. The SMILES string of the molecule is COc1ccc2ncc(CNC(C)=O)nc2c1. The second-order valence-electron chi connectivity index (χ2n) is 3.63. The minimum Gasteiger partial charge on any atom is -0.497 e. The third-order valence-electron chi connectivity index (χ3n) is 2.32. The Morgan fingerprint density at radius 3 is 2.94 bits per heavy atom. The smallest absolute Gasteiger partial charge is 0.217 e. The molecule has 1 N–H and O–H groups in total. The molecule has 17 heavy (non-hydrogen) atoms. The van der Waals surface area contributed by atoms with Crippen molar-refractivity contribution in [3.8, 4) is 5.75 Å². The highest BCUT2D eigenvalue weighted by atomic mass is 16.5. The molecule has 5 heteroatoms. The monoisotopic (exact) mass is 231 g/mol. The van der Waals surface area contributed by atoms with Crippen molar-refractivity contribution in [3.05, 3.63) is 30.1 Å². The van der Waals surface area contributed by atoms with E-state index >= 15 is 0 Å². The minimum absolute atomic E-state index is 0.0856. The molecule has 1 aromatic carbocycles. The molecule has 1 amide bonds. The third-order valence-corrected chi connectivity index (χ3v) is 2.32. The van der Waals surface area contributed by atoms with Crippen LogP contribution in [-0.4, -0.2) is 23.0 Å². The van der Waals surface area contributed by atoms with Gasteiger partial charge < -0.3 is 10.1 Å². The van der Waals surface area contributed by atoms with E-state index in [-0.39, 0.29) is 5.91 Å². The summed E-state index contributed by atoms with van der Waals surface area (Å²) in [5, 5.41) is 2.68. The molecule has 0 aliphatic carbocycles. The van der Waals surface area contributed by atoms with Crippen LogP contribution in [0.3, 0.4) is 0 Å². The molecule has 0 aliphatic heterocycles. The molecule has 1 heterocycles. The Bertz CT molecular complexity index is 554. The maximum absolute atomic E-state index is 10.8. The van der Waals surface area contributed by atoms with Gasteiger partial charge >= 0.3 is 0 Å². The van der Waals surface area contributed by atoms with Crippen LogP contribution in [0.4, 0.5) is 0 Å². The summed E-state index contributed by atoms with van der Waals surface area (Å²) >= 11 is 0. The number of nitrogens with zero attached hydrogens (tertiary/aromatic N) is 2. The topological polar surface area (TPSA) is 64.1 Å². The van der Waals surface area contributed by atoms with Gasteiger partial charge in [-0.15, -0.1) is 0 Å². The zero-order chi connectivity index (χ0) is 12.3. The van der Waals surface area contributed by atoms with Gasteiger partial charge in [-0.25, -0.2) is 4.98 Å². The first-order valence-electron chi connectivity index (χ1n) is 5.23. The fourth-order valence-electron chi connectivity index (χ4n) is 1.46. The van der Waals surface area contributed by atoms with Crippen LogP contribution in [0.5, 0.6) is 5.75 Å². The number of nitrogens with one attached hydrogen (secondary N) is 1. The zero-order valence-electron chi connectivity index (χ0n) is 9.73. The number of methoxy groups -OCH3 is 1. The zero-order valence-corrected chi connectivity index (χ0v) is 9.73. The lowest BCUT2D eigenvalue weighted by molar-refractivity contribution is -0.119. The molecular formula is C12H13N3O2. The molecule has 88 valence electrons. The average molecular weight is 231 g/mol. The van der Waals surface area contributed by atoms with Gasteiger partial charge in [-0.05, 0) is 12.1 Å². The normalized spacial score (nSPS) is 10.2. The highest BCUT2D eigenvalue weighted by molar-refractivity contribution is 5.76. The van der Waals surface area contributed by atoms with Crippen molar-refractivity contribution < 1.29 is 9.53 Å². The van der Waals surface area contributed by atoms with Crippen LogP contribution in [0.15, 0.2) is 24.4 Å². The van der Waals surface area contributed by atoms with E-state index in [9.17, 15) is 4.79 Å². The summed E-state index contributed by atoms with van der Waals surface area (Å²) in [5.41, 5.74) is 2.28. The van der Waals surface area contributed by atoms with Gasteiger partial charge in [0.1, 0.15) is 5.75 Å². The van der Waals surface area contributed by atoms with E-state index in [1.807, 2.05) is 18.2 Å². The average Bonchev–Trinajstić information content (AvgIpc) is 2.35. The first-order valence-corrected chi connectivity index (χ1v) is 5.23. The second kappa shape index (κ2) is 4.78. The fourth-order valence-corrected chi connectivity index (χ4v) is 1.46. The summed E-state index contributed by atoms with van der Waals surface area (Å²) in [5.74, 6) is 0.654. The van der Waals surface area contributed by atoms with Crippen LogP contribution < -0.4 is 10.1 Å². The molecule has 0 bridgehead atoms. The lowest BCUT2D eigenvalue weighted by atomic mass is 10.2. The quantitative estimate of drug-likeness (QED) is 0.864. The highest BCUT2D eigenvalue weighted by Gasteiger charge is 2.02. The highest BCUT2D eigenvalue weighted by Crippen LogP contribution is 2.17. The van der Waals surface area contributed by atoms with Crippen molar-refractivity contribution in [2.45, 2.75) is 13.5 Å². The van der Waals surface area contributed by atoms with Crippen molar-refractivity contribution in [2.75, 3.05) is 7.11 Å². The molecule has 5 nitrogen and oxygen atoms in total. The number of amides is 1. The fraction of sp³-hybridized carbons (Fsp3) is 0.250. The number of benzene rings is 1. The number of rotatable bonds is 3. The molecule has 0 saturated heterocycles. The molecule has 0 atom stereocenters. The lowest BCUT2D eigenvalue weighted by Crippen LogP contribution is -2.19. The summed E-state index contributed by atoms with van der Waals surface area (Å²) in [7, 11) is 1.61. The molecule has 2 aromatic rings. The standard InChI is InChI=1S/C12H13N3O2/c1-8(16)13-6-9-7-14-11-4-3-10(17-2)5-12(11)15-9/h3-5,7H,6H2,1-2H3,(H,13,16). The van der Waals surface area contributed by atoms with E-state index in [0.717, 1.165) is 22.5 Å². The van der Waals surface area contributed by atoms with E-state index < -0.39 is 0 Å². The number of carbonyl (C=O) groups excluding carboxylic acids is 1. The number of carbonyl (C=O) groups is 1. The van der Waals surface area contributed by atoms with Gasteiger partial charge in [0.15, 0.2) is 0 Å². The number of hydrogen-bond donors (Lipinski definition) is 1. The number of hydrogen-bond acceptors (Lipinski definition) is 4. The van der Waals surface area contributed by atoms with Crippen molar-refractivity contribution in [3.63, 3.8) is 0 Å². The first kappa shape index (κ1) is 11.3. The van der Waals surface area contributed by atoms with Crippen LogP contribution in [0, 0.1) is 0 Å². The van der Waals surface area contributed by atoms with Crippen molar-refractivity contribution in [1.82, 2.24) is 15.3 Å². The summed E-state index contributed by atoms with van der Waals surface area (Å²) in [6.07, 6.45) is 1.66. The summed E-state index contributed by atoms with van der Waals surface area (Å²) in [6, 6.07) is 5.51. The van der Waals surface area contributed by atoms with E-state index in [2.05, 4.69) is 15.3 Å². The lowest BCUT2D eigenvalue weighted by Gasteiger charge is -2.04. The Kier molecular flexibility index (Phi) is 3.18. The summed E-state index contributed by atoms with van der Waals surface area (Å²) < 4.78 is 5.12. The van der Waals surface area contributed by atoms with Crippen molar-refractivity contribution >= 4 is 16.9 Å². The molecule has 2 rings (SSSR count). The summed E-state index contributed by atoms with van der Waals surface area (Å²) in [4.78, 5) is 19.5. The molecule has 0 unspecified atom stereocenters. The maximum atomic E-state index is 10.8. The third kappa shape index (κ3) is 2.69. The van der Waals surface area contributed by atoms with E-state index in [1.54, 1.807) is 13.3 Å². The number of aromatic nitrogens is 2. The Morgan fingerprint density at radius 1 is 1.41 bits per heavy atom. The Morgan fingerprint density at radius 2 is 2.24 bits per heavy atom. The minimum atomic E-state index is -0.0856. The maximum Gasteiger partial charge on any atom is 0.217 e. The van der Waals surface area contributed by atoms with Gasteiger partial charge in [-0.2, -0.15) is 0 Å². The van der Waals surface area contributed by atoms with E-state index in [1.165, 1.54) is 6.92 Å². The van der Waals surface area contributed by atoms with Crippen molar-refractivity contribution in [2.24, 2.45) is 0 Å². The Labute approximate surface area is 98.8 Å². The van der Waals surface area contributed by atoms with Gasteiger partial charge in [-0.3, -0.25) is 9.78 Å². The van der Waals surface area contributed by atoms with E-state index in [4.69, 9.17) is 4.74 Å². The van der Waals surface area contributed by atoms with Crippen LogP contribution in [0.1, 0.15) is 12.6 Å². The molecule has 0 aliphatic rings. The largest absolute Gasteiger partial charge is 0.497 e. The Balaban J connectivity index is 2.31. The van der Waals surface area contributed by atoms with Gasteiger partial charge in [0.25, 0.3) is 0 Å². The van der Waals surface area contributed by atoms with Crippen LogP contribution >= 0.6 is 0 Å². The predicted molar refractivity (Wildman–Crippen MR) is 63.6 cm³/mol. The van der Waals surface area contributed by atoms with Crippen LogP contribution in [0.2, 0.25) is 0 Å². The molecule has 1 aromatic heterocycles.